The quantitative estimate of drug-likeness (QED) is 0.670. The Morgan fingerprint density at radius 3 is 2.52 bits per heavy atom. The lowest BCUT2D eigenvalue weighted by atomic mass is 10.2. The first kappa shape index (κ1) is 20.4. The summed E-state index contributed by atoms with van der Waals surface area (Å²) in [5.41, 5.74) is 2.01. The maximum Gasteiger partial charge on any atom is 0.338 e. The molecule has 1 amide bonds. The van der Waals surface area contributed by atoms with Gasteiger partial charge in [-0.15, -0.1) is 0 Å². The lowest BCUT2D eigenvalue weighted by Gasteiger charge is -2.12. The molecule has 0 saturated heterocycles. The van der Waals surface area contributed by atoms with E-state index in [1.807, 2.05) is 13.8 Å². The molecule has 1 aromatic carbocycles. The Bertz CT molecular complexity index is 750. The average molecular weight is 376 g/mol. The van der Waals surface area contributed by atoms with Gasteiger partial charge in [0.05, 0.1) is 23.4 Å². The summed E-state index contributed by atoms with van der Waals surface area (Å²) in [5, 5.41) is 6.53. The molecule has 1 heterocycles. The van der Waals surface area contributed by atoms with Crippen molar-refractivity contribution < 1.29 is 28.3 Å². The fourth-order valence-electron chi connectivity index (χ4n) is 2.37. The molecule has 1 atom stereocenters. The second-order valence-corrected chi connectivity index (χ2v) is 6.12. The maximum atomic E-state index is 12.0. The van der Waals surface area contributed by atoms with Crippen LogP contribution in [-0.2, 0) is 20.9 Å². The summed E-state index contributed by atoms with van der Waals surface area (Å²) in [5.74, 6) is 0.345. The topological polar surface area (TPSA) is 99.9 Å². The minimum atomic E-state index is -0.582. The van der Waals surface area contributed by atoms with E-state index >= 15 is 0 Å². The van der Waals surface area contributed by atoms with Crippen molar-refractivity contribution in [3.8, 4) is 5.75 Å². The molecule has 1 aromatic heterocycles. The van der Waals surface area contributed by atoms with Crippen molar-refractivity contribution in [2.45, 2.75) is 33.4 Å². The number of amides is 1. The predicted octanol–water partition coefficient (Wildman–Crippen LogP) is 2.18. The molecule has 2 aromatic rings. The lowest BCUT2D eigenvalue weighted by Crippen LogP contribution is -2.38. The van der Waals surface area contributed by atoms with Gasteiger partial charge in [0.1, 0.15) is 18.1 Å². The maximum absolute atomic E-state index is 12.0. The van der Waals surface area contributed by atoms with E-state index in [0.717, 1.165) is 11.3 Å². The summed E-state index contributed by atoms with van der Waals surface area (Å²) in [4.78, 5) is 23.7. The van der Waals surface area contributed by atoms with Crippen LogP contribution in [0.25, 0.3) is 0 Å². The van der Waals surface area contributed by atoms with E-state index in [1.165, 1.54) is 0 Å². The zero-order valence-electron chi connectivity index (χ0n) is 15.9. The van der Waals surface area contributed by atoms with Crippen molar-refractivity contribution >= 4 is 11.9 Å². The summed E-state index contributed by atoms with van der Waals surface area (Å²) in [6, 6.07) is 6.33. The highest BCUT2D eigenvalue weighted by Crippen LogP contribution is 2.18. The van der Waals surface area contributed by atoms with Crippen molar-refractivity contribution in [3.05, 3.63) is 46.8 Å². The zero-order valence-corrected chi connectivity index (χ0v) is 15.9. The summed E-state index contributed by atoms with van der Waals surface area (Å²) in [6.45, 7) is 5.83. The molecule has 0 saturated carbocycles. The molecule has 0 aliphatic carbocycles. The minimum absolute atomic E-state index is 0.157. The highest BCUT2D eigenvalue weighted by atomic mass is 16.5. The predicted molar refractivity (Wildman–Crippen MR) is 96.5 cm³/mol. The number of carbonyl (C=O) groups is 2. The molecule has 27 heavy (non-hydrogen) atoms. The molecule has 1 unspecified atom stereocenters. The number of aromatic nitrogens is 1. The van der Waals surface area contributed by atoms with Crippen molar-refractivity contribution in [1.82, 2.24) is 10.5 Å². The number of methoxy groups -OCH3 is 1. The van der Waals surface area contributed by atoms with Crippen LogP contribution in [0.5, 0.6) is 5.75 Å². The monoisotopic (exact) mass is 376 g/mol. The first-order chi connectivity index (χ1) is 12.9. The number of hydrogen-bond acceptors (Lipinski definition) is 7. The van der Waals surface area contributed by atoms with Crippen molar-refractivity contribution in [2.75, 3.05) is 20.3 Å². The molecule has 0 spiro atoms. The van der Waals surface area contributed by atoms with Gasteiger partial charge in [0, 0.05) is 13.2 Å². The third-order valence-corrected chi connectivity index (χ3v) is 3.81. The second kappa shape index (κ2) is 9.72. The Balaban J connectivity index is 1.82. The van der Waals surface area contributed by atoms with Crippen LogP contribution in [0, 0.1) is 13.8 Å². The Labute approximate surface area is 157 Å². The van der Waals surface area contributed by atoms with Crippen LogP contribution >= 0.6 is 0 Å². The van der Waals surface area contributed by atoms with Gasteiger partial charge in [-0.3, -0.25) is 4.79 Å². The molecule has 8 nitrogen and oxygen atoms in total. The van der Waals surface area contributed by atoms with Crippen LogP contribution in [0.4, 0.5) is 0 Å². The summed E-state index contributed by atoms with van der Waals surface area (Å²) in [6.07, 6.45) is 0. The van der Waals surface area contributed by atoms with Gasteiger partial charge in [-0.05, 0) is 45.0 Å². The molecule has 0 bridgehead atoms. The minimum Gasteiger partial charge on any atom is -0.489 e. The normalized spacial score (nSPS) is 11.7. The van der Waals surface area contributed by atoms with Crippen molar-refractivity contribution in [1.29, 1.82) is 0 Å². The van der Waals surface area contributed by atoms with Gasteiger partial charge in [-0.1, -0.05) is 5.16 Å². The van der Waals surface area contributed by atoms with Crippen LogP contribution < -0.4 is 10.1 Å². The van der Waals surface area contributed by atoms with E-state index < -0.39 is 5.97 Å². The van der Waals surface area contributed by atoms with E-state index in [0.29, 0.717) is 30.3 Å². The van der Waals surface area contributed by atoms with E-state index in [4.69, 9.17) is 18.7 Å². The molecule has 1 N–H and O–H groups in total. The fraction of sp³-hybridized carbons (Fsp3) is 0.421. The van der Waals surface area contributed by atoms with Crippen LogP contribution in [0.1, 0.15) is 34.3 Å². The molecule has 0 aliphatic rings. The lowest BCUT2D eigenvalue weighted by molar-refractivity contribution is -0.125. The smallest absolute Gasteiger partial charge is 0.338 e. The Hall–Kier alpha value is -2.87. The Kier molecular flexibility index (Phi) is 7.36. The molecule has 0 aliphatic heterocycles. The van der Waals surface area contributed by atoms with E-state index in [-0.39, 0.29) is 18.6 Å². The molecular weight excluding hydrogens is 352 g/mol. The number of rotatable bonds is 9. The number of benzene rings is 1. The SMILES string of the molecule is COCC(C)NC(=O)COC(=O)c1ccc(OCc2c(C)noc2C)cc1. The summed E-state index contributed by atoms with van der Waals surface area (Å²) < 4.78 is 20.7. The largest absolute Gasteiger partial charge is 0.489 e. The second-order valence-electron chi connectivity index (χ2n) is 6.12. The third-order valence-electron chi connectivity index (χ3n) is 3.81. The highest BCUT2D eigenvalue weighted by Gasteiger charge is 2.13. The van der Waals surface area contributed by atoms with Gasteiger partial charge in [0.15, 0.2) is 6.61 Å². The highest BCUT2D eigenvalue weighted by molar-refractivity contribution is 5.91. The number of aryl methyl sites for hydroxylation is 2. The first-order valence-electron chi connectivity index (χ1n) is 8.50. The summed E-state index contributed by atoms with van der Waals surface area (Å²) in [7, 11) is 1.55. The van der Waals surface area contributed by atoms with E-state index in [9.17, 15) is 9.59 Å². The van der Waals surface area contributed by atoms with Gasteiger partial charge in [-0.25, -0.2) is 4.79 Å². The van der Waals surface area contributed by atoms with Crippen molar-refractivity contribution in [3.63, 3.8) is 0 Å². The fourth-order valence-corrected chi connectivity index (χ4v) is 2.37. The van der Waals surface area contributed by atoms with Crippen molar-refractivity contribution in [2.24, 2.45) is 0 Å². The van der Waals surface area contributed by atoms with Gasteiger partial charge in [0.25, 0.3) is 5.91 Å². The number of nitrogens with one attached hydrogen (secondary N) is 1. The average Bonchev–Trinajstić information content (AvgIpc) is 2.96. The zero-order chi connectivity index (χ0) is 19.8. The van der Waals surface area contributed by atoms with Gasteiger partial charge in [-0.2, -0.15) is 0 Å². The standard InChI is InChI=1S/C19H24N2O6/c1-12(9-24-4)20-18(22)11-26-19(23)15-5-7-16(8-6-15)25-10-17-13(2)21-27-14(17)3/h5-8,12H,9-11H2,1-4H3,(H,20,22). The molecular formula is C19H24N2O6. The number of hydrogen-bond donors (Lipinski definition) is 1. The van der Waals surface area contributed by atoms with Crippen LogP contribution in [-0.4, -0.2) is 43.4 Å². The molecule has 8 heteroatoms. The van der Waals surface area contributed by atoms with Crippen LogP contribution in [0.3, 0.4) is 0 Å². The number of esters is 1. The molecule has 0 radical (unpaired) electrons. The first-order valence-corrected chi connectivity index (χ1v) is 8.50. The Morgan fingerprint density at radius 1 is 1.22 bits per heavy atom. The van der Waals surface area contributed by atoms with Gasteiger partial charge in [0.2, 0.25) is 0 Å². The molecule has 0 fully saturated rings. The number of ether oxygens (including phenoxy) is 3. The van der Waals surface area contributed by atoms with E-state index in [2.05, 4.69) is 10.5 Å². The molecule has 146 valence electrons. The molecule has 2 rings (SSSR count). The number of nitrogens with zero attached hydrogens (tertiary/aromatic N) is 1. The van der Waals surface area contributed by atoms with E-state index in [1.54, 1.807) is 38.3 Å². The van der Waals surface area contributed by atoms with Gasteiger partial charge < -0.3 is 24.1 Å². The van der Waals surface area contributed by atoms with Crippen LogP contribution in [0.15, 0.2) is 28.8 Å². The van der Waals surface area contributed by atoms with Gasteiger partial charge >= 0.3 is 5.97 Å². The summed E-state index contributed by atoms with van der Waals surface area (Å²) >= 11 is 0. The number of carbonyl (C=O) groups excluding carboxylic acids is 2. The third kappa shape index (κ3) is 6.10. The van der Waals surface area contributed by atoms with Crippen LogP contribution in [0.2, 0.25) is 0 Å². The Morgan fingerprint density at radius 2 is 1.93 bits per heavy atom.